The van der Waals surface area contributed by atoms with Gasteiger partial charge in [-0.2, -0.15) is 0 Å². The lowest BCUT2D eigenvalue weighted by Crippen LogP contribution is -2.43. The van der Waals surface area contributed by atoms with E-state index < -0.39 is 0 Å². The summed E-state index contributed by atoms with van der Waals surface area (Å²) in [6.07, 6.45) is 2.89. The van der Waals surface area contributed by atoms with Gasteiger partial charge in [0.05, 0.1) is 5.69 Å². The molecule has 0 saturated carbocycles. The molecule has 0 amide bonds. The molecule has 2 aromatic carbocycles. The van der Waals surface area contributed by atoms with Gasteiger partial charge in [-0.1, -0.05) is 42.0 Å². The van der Waals surface area contributed by atoms with E-state index in [4.69, 9.17) is 4.98 Å². The highest BCUT2D eigenvalue weighted by Gasteiger charge is 2.22. The molecule has 2 heterocycles. The molecule has 0 radical (unpaired) electrons. The molecule has 1 aliphatic carbocycles. The van der Waals surface area contributed by atoms with Crippen LogP contribution in [0.1, 0.15) is 29.3 Å². The van der Waals surface area contributed by atoms with Gasteiger partial charge in [0.15, 0.2) is 0 Å². The first-order valence-electron chi connectivity index (χ1n) is 11.1. The van der Waals surface area contributed by atoms with Gasteiger partial charge in [-0.05, 0) is 54.4 Å². The van der Waals surface area contributed by atoms with Crippen LogP contribution in [-0.2, 0) is 13.0 Å². The Morgan fingerprint density at radius 3 is 2.26 bits per heavy atom. The lowest BCUT2D eigenvalue weighted by atomic mass is 9.96. The number of benzene rings is 2. The van der Waals surface area contributed by atoms with Crippen LogP contribution in [-0.4, -0.2) is 53.1 Å². The maximum absolute atomic E-state index is 9.66. The van der Waals surface area contributed by atoms with Crippen LogP contribution < -0.4 is 0 Å². The van der Waals surface area contributed by atoms with Crippen LogP contribution in [0.15, 0.2) is 66.4 Å². The van der Waals surface area contributed by atoms with Crippen LogP contribution in [0.5, 0.6) is 5.75 Å². The predicted octanol–water partition coefficient (Wildman–Crippen LogP) is 4.58. The Bertz CT molecular complexity index is 1110. The molecular formula is C27H29N3O. The zero-order valence-electron chi connectivity index (χ0n) is 18.3. The number of piperazine rings is 1. The summed E-state index contributed by atoms with van der Waals surface area (Å²) in [5.41, 5.74) is 9.77. The second-order valence-corrected chi connectivity index (χ2v) is 8.87. The van der Waals surface area contributed by atoms with Crippen LogP contribution in [0.2, 0.25) is 0 Å². The number of likely N-dealkylation sites (N-methyl/N-ethyl adjacent to an activating group) is 1. The third kappa shape index (κ3) is 4.14. The number of allylic oxidation sites excluding steroid dienone is 1. The maximum Gasteiger partial charge on any atom is 0.115 e. The number of phenolic OH excluding ortho intramolecular Hbond substituents is 1. The summed E-state index contributed by atoms with van der Waals surface area (Å²) in [4.78, 5) is 9.72. The van der Waals surface area contributed by atoms with Crippen molar-refractivity contribution in [1.82, 2.24) is 14.8 Å². The second kappa shape index (κ2) is 8.29. The van der Waals surface area contributed by atoms with E-state index in [1.165, 1.54) is 27.8 Å². The highest BCUT2D eigenvalue weighted by Crippen LogP contribution is 2.38. The zero-order chi connectivity index (χ0) is 21.4. The standard InChI is InChI=1S/C27H29N3O/c1-19-15-26-25(27(19)22-7-9-24(31)10-8-22)16-23(17-28-26)21-5-3-20(4-6-21)18-30-13-11-29(2)12-14-30/h3-10,16-17,31H,11-15,18H2,1-2H3. The fraction of sp³-hybridized carbons (Fsp3) is 0.296. The first-order chi connectivity index (χ1) is 15.1. The topological polar surface area (TPSA) is 39.6 Å². The van der Waals surface area contributed by atoms with E-state index in [9.17, 15) is 5.11 Å². The van der Waals surface area contributed by atoms with Crippen LogP contribution in [0, 0.1) is 0 Å². The quantitative estimate of drug-likeness (QED) is 0.682. The third-order valence-electron chi connectivity index (χ3n) is 6.54. The van der Waals surface area contributed by atoms with Gasteiger partial charge in [-0.25, -0.2) is 0 Å². The molecule has 31 heavy (non-hydrogen) atoms. The summed E-state index contributed by atoms with van der Waals surface area (Å²) in [5, 5.41) is 9.66. The van der Waals surface area contributed by atoms with Crippen molar-refractivity contribution in [3.05, 3.63) is 88.8 Å². The monoisotopic (exact) mass is 411 g/mol. The number of phenols is 1. The number of aromatic nitrogens is 1. The smallest absolute Gasteiger partial charge is 0.115 e. The summed E-state index contributed by atoms with van der Waals surface area (Å²) in [6.45, 7) is 7.77. The van der Waals surface area contributed by atoms with Gasteiger partial charge in [0.25, 0.3) is 0 Å². The fourth-order valence-corrected chi connectivity index (χ4v) is 4.67. The van der Waals surface area contributed by atoms with E-state index >= 15 is 0 Å². The SMILES string of the molecule is CC1=C(c2ccc(O)cc2)c2cc(-c3ccc(CN4CCN(C)CC4)cc3)cnc2C1. The van der Waals surface area contributed by atoms with Crippen LogP contribution in [0.4, 0.5) is 0 Å². The Morgan fingerprint density at radius 1 is 0.871 bits per heavy atom. The molecule has 3 aromatic rings. The first-order valence-corrected chi connectivity index (χ1v) is 11.1. The van der Waals surface area contributed by atoms with E-state index in [0.29, 0.717) is 5.75 Å². The Hall–Kier alpha value is -2.95. The molecule has 0 atom stereocenters. The summed E-state index contributed by atoms with van der Waals surface area (Å²) >= 11 is 0. The van der Waals surface area contributed by atoms with Crippen molar-refractivity contribution in [1.29, 1.82) is 0 Å². The van der Waals surface area contributed by atoms with E-state index in [2.05, 4.69) is 54.1 Å². The highest BCUT2D eigenvalue weighted by atomic mass is 16.3. The van der Waals surface area contributed by atoms with Gasteiger partial charge in [0.1, 0.15) is 5.75 Å². The van der Waals surface area contributed by atoms with Crippen molar-refractivity contribution in [3.8, 4) is 16.9 Å². The number of fused-ring (bicyclic) bond motifs is 1. The first kappa shape index (κ1) is 20.0. The molecule has 4 heteroatoms. The van der Waals surface area contributed by atoms with E-state index in [0.717, 1.165) is 56.0 Å². The molecule has 1 aromatic heterocycles. The average Bonchev–Trinajstić information content (AvgIpc) is 3.11. The van der Waals surface area contributed by atoms with Gasteiger partial charge in [0.2, 0.25) is 0 Å². The normalized spacial score (nSPS) is 17.2. The molecule has 0 unspecified atom stereocenters. The minimum absolute atomic E-state index is 0.295. The molecule has 158 valence electrons. The molecule has 0 bridgehead atoms. The van der Waals surface area contributed by atoms with E-state index in [1.54, 1.807) is 12.1 Å². The molecule has 1 fully saturated rings. The molecule has 1 saturated heterocycles. The van der Waals surface area contributed by atoms with E-state index in [1.807, 2.05) is 18.3 Å². The molecule has 4 nitrogen and oxygen atoms in total. The number of pyridine rings is 1. The van der Waals surface area contributed by atoms with Gasteiger partial charge >= 0.3 is 0 Å². The van der Waals surface area contributed by atoms with Gasteiger partial charge in [0, 0.05) is 56.5 Å². The third-order valence-corrected chi connectivity index (χ3v) is 6.54. The zero-order valence-corrected chi connectivity index (χ0v) is 18.3. The number of rotatable bonds is 4. The number of aromatic hydroxyl groups is 1. The number of hydrogen-bond acceptors (Lipinski definition) is 4. The predicted molar refractivity (Wildman–Crippen MR) is 126 cm³/mol. The van der Waals surface area contributed by atoms with Crippen LogP contribution in [0.3, 0.4) is 0 Å². The fourth-order valence-electron chi connectivity index (χ4n) is 4.67. The largest absolute Gasteiger partial charge is 0.508 e. The molecule has 5 rings (SSSR count). The molecule has 1 aliphatic heterocycles. The Balaban J connectivity index is 1.38. The van der Waals surface area contributed by atoms with Gasteiger partial charge in [-0.3, -0.25) is 9.88 Å². The molecule has 2 aliphatic rings. The minimum atomic E-state index is 0.295. The summed E-state index contributed by atoms with van der Waals surface area (Å²) in [5.74, 6) is 0.295. The van der Waals surface area contributed by atoms with E-state index in [-0.39, 0.29) is 0 Å². The van der Waals surface area contributed by atoms with Crippen molar-refractivity contribution in [2.75, 3.05) is 33.2 Å². The maximum atomic E-state index is 9.66. The minimum Gasteiger partial charge on any atom is -0.508 e. The van der Waals surface area contributed by atoms with Crippen LogP contribution in [0.25, 0.3) is 16.7 Å². The van der Waals surface area contributed by atoms with Gasteiger partial charge in [-0.15, -0.1) is 0 Å². The van der Waals surface area contributed by atoms with Crippen molar-refractivity contribution in [2.45, 2.75) is 19.9 Å². The summed E-state index contributed by atoms with van der Waals surface area (Å²) in [7, 11) is 2.19. The Kier molecular flexibility index (Phi) is 5.34. The summed E-state index contributed by atoms with van der Waals surface area (Å²) in [6, 6.07) is 18.7. The highest BCUT2D eigenvalue weighted by molar-refractivity contribution is 5.88. The average molecular weight is 412 g/mol. The van der Waals surface area contributed by atoms with Gasteiger partial charge < -0.3 is 10.0 Å². The lowest BCUT2D eigenvalue weighted by molar-refractivity contribution is 0.148. The molecule has 0 spiro atoms. The van der Waals surface area contributed by atoms with Crippen molar-refractivity contribution < 1.29 is 5.11 Å². The number of hydrogen-bond donors (Lipinski definition) is 1. The number of nitrogens with zero attached hydrogens (tertiary/aromatic N) is 3. The Morgan fingerprint density at radius 2 is 1.55 bits per heavy atom. The van der Waals surface area contributed by atoms with Crippen LogP contribution >= 0.6 is 0 Å². The van der Waals surface area contributed by atoms with Crippen molar-refractivity contribution in [3.63, 3.8) is 0 Å². The molecular weight excluding hydrogens is 382 g/mol. The Labute approximate surface area is 184 Å². The van der Waals surface area contributed by atoms with Crippen molar-refractivity contribution >= 4 is 5.57 Å². The van der Waals surface area contributed by atoms with Crippen molar-refractivity contribution in [2.24, 2.45) is 0 Å². The lowest BCUT2D eigenvalue weighted by Gasteiger charge is -2.32. The molecule has 1 N–H and O–H groups in total. The second-order valence-electron chi connectivity index (χ2n) is 8.87. The summed E-state index contributed by atoms with van der Waals surface area (Å²) < 4.78 is 0.